The fraction of sp³-hybridized carbons (Fsp3) is 0.812. The molecular formula is C16H25N3. The van der Waals surface area contributed by atoms with Crippen molar-refractivity contribution >= 4 is 5.82 Å². The van der Waals surface area contributed by atoms with Crippen molar-refractivity contribution in [3.8, 4) is 0 Å². The third-order valence-corrected chi connectivity index (χ3v) is 5.83. The summed E-state index contributed by atoms with van der Waals surface area (Å²) in [7, 11) is 0. The molecule has 4 bridgehead atoms. The van der Waals surface area contributed by atoms with E-state index in [1.54, 1.807) is 0 Å². The lowest BCUT2D eigenvalue weighted by Gasteiger charge is -2.54. The van der Waals surface area contributed by atoms with Crippen LogP contribution in [0.5, 0.6) is 0 Å². The van der Waals surface area contributed by atoms with Crippen molar-refractivity contribution in [2.24, 2.45) is 23.7 Å². The maximum absolute atomic E-state index is 6.12. The second kappa shape index (κ2) is 4.26. The lowest BCUT2D eigenvalue weighted by atomic mass is 9.51. The van der Waals surface area contributed by atoms with Crippen LogP contribution in [-0.4, -0.2) is 9.78 Å². The van der Waals surface area contributed by atoms with Gasteiger partial charge in [0.25, 0.3) is 0 Å². The number of nitrogen functional groups attached to an aromatic ring is 1. The van der Waals surface area contributed by atoms with Gasteiger partial charge in [-0.15, -0.1) is 0 Å². The van der Waals surface area contributed by atoms with Crippen LogP contribution in [0.3, 0.4) is 0 Å². The van der Waals surface area contributed by atoms with Gasteiger partial charge in [0.2, 0.25) is 0 Å². The average molecular weight is 259 g/mol. The molecular weight excluding hydrogens is 234 g/mol. The summed E-state index contributed by atoms with van der Waals surface area (Å²) >= 11 is 0. The van der Waals surface area contributed by atoms with Crippen molar-refractivity contribution in [3.05, 3.63) is 11.8 Å². The van der Waals surface area contributed by atoms with Gasteiger partial charge in [0.1, 0.15) is 5.82 Å². The zero-order chi connectivity index (χ0) is 13.0. The van der Waals surface area contributed by atoms with Gasteiger partial charge in [-0.3, -0.25) is 0 Å². The Bertz CT molecular complexity index is 448. The number of aryl methyl sites for hydroxylation is 1. The molecule has 5 rings (SSSR count). The molecule has 0 aliphatic heterocycles. The molecule has 104 valence electrons. The van der Waals surface area contributed by atoms with E-state index >= 15 is 0 Å². The van der Waals surface area contributed by atoms with Gasteiger partial charge in [-0.05, 0) is 62.2 Å². The molecule has 4 saturated carbocycles. The van der Waals surface area contributed by atoms with Crippen LogP contribution in [0.15, 0.2) is 6.07 Å². The molecule has 4 aliphatic carbocycles. The highest BCUT2D eigenvalue weighted by molar-refractivity contribution is 5.33. The third-order valence-electron chi connectivity index (χ3n) is 5.83. The molecule has 1 aromatic heterocycles. The number of hydrogen-bond acceptors (Lipinski definition) is 2. The second-order valence-corrected chi connectivity index (χ2v) is 7.17. The van der Waals surface area contributed by atoms with E-state index in [0.717, 1.165) is 42.5 Å². The topological polar surface area (TPSA) is 43.8 Å². The predicted octanol–water partition coefficient (Wildman–Crippen LogP) is 3.42. The first-order valence-corrected chi connectivity index (χ1v) is 8.07. The predicted molar refractivity (Wildman–Crippen MR) is 76.7 cm³/mol. The van der Waals surface area contributed by atoms with E-state index in [-0.39, 0.29) is 0 Å². The summed E-state index contributed by atoms with van der Waals surface area (Å²) in [5.41, 5.74) is 7.43. The van der Waals surface area contributed by atoms with Crippen LogP contribution < -0.4 is 5.73 Å². The van der Waals surface area contributed by atoms with Gasteiger partial charge < -0.3 is 5.73 Å². The van der Waals surface area contributed by atoms with E-state index in [4.69, 9.17) is 10.8 Å². The summed E-state index contributed by atoms with van der Waals surface area (Å²) in [6.45, 7) is 3.14. The summed E-state index contributed by atoms with van der Waals surface area (Å²) in [5.74, 6) is 5.46. The van der Waals surface area contributed by atoms with E-state index in [2.05, 4.69) is 13.0 Å². The number of nitrogens with zero attached hydrogens (tertiary/aromatic N) is 2. The average Bonchev–Trinajstić information content (AvgIpc) is 2.70. The van der Waals surface area contributed by atoms with Gasteiger partial charge in [-0.25, -0.2) is 4.68 Å². The monoisotopic (exact) mass is 259 g/mol. The van der Waals surface area contributed by atoms with Crippen LogP contribution in [0.4, 0.5) is 5.82 Å². The molecule has 0 spiro atoms. The van der Waals surface area contributed by atoms with Crippen LogP contribution in [0.25, 0.3) is 0 Å². The standard InChI is InChI=1S/C16H25N3/c1-2-3-19-15(17)9-14(18-19)16-12-5-10-4-11(7-12)8-13(16)6-10/h9-13,16H,2-8,17H2,1H3. The minimum Gasteiger partial charge on any atom is -0.384 e. The Labute approximate surface area is 115 Å². The molecule has 0 atom stereocenters. The fourth-order valence-corrected chi connectivity index (χ4v) is 5.41. The highest BCUT2D eigenvalue weighted by Crippen LogP contribution is 2.59. The van der Waals surface area contributed by atoms with Gasteiger partial charge in [0.15, 0.2) is 0 Å². The molecule has 0 unspecified atom stereocenters. The molecule has 0 aromatic carbocycles. The molecule has 3 heteroatoms. The van der Waals surface area contributed by atoms with E-state index in [0.29, 0.717) is 5.92 Å². The number of anilines is 1. The molecule has 2 N–H and O–H groups in total. The summed E-state index contributed by atoms with van der Waals surface area (Å²) in [6.07, 6.45) is 8.45. The minimum absolute atomic E-state index is 0.716. The van der Waals surface area contributed by atoms with Crippen LogP contribution in [0.2, 0.25) is 0 Å². The summed E-state index contributed by atoms with van der Waals surface area (Å²) in [6, 6.07) is 2.17. The Hall–Kier alpha value is -0.990. The summed E-state index contributed by atoms with van der Waals surface area (Å²) < 4.78 is 2.01. The van der Waals surface area contributed by atoms with Gasteiger partial charge in [0.05, 0.1) is 5.69 Å². The van der Waals surface area contributed by atoms with Crippen molar-refractivity contribution in [2.45, 2.75) is 57.9 Å². The number of rotatable bonds is 3. The van der Waals surface area contributed by atoms with Crippen LogP contribution in [0.1, 0.15) is 57.1 Å². The zero-order valence-corrected chi connectivity index (χ0v) is 11.9. The van der Waals surface area contributed by atoms with Crippen molar-refractivity contribution in [3.63, 3.8) is 0 Å². The van der Waals surface area contributed by atoms with E-state index in [1.807, 2.05) is 4.68 Å². The first kappa shape index (κ1) is 11.8. The summed E-state index contributed by atoms with van der Waals surface area (Å²) in [5, 5.41) is 4.84. The molecule has 1 heterocycles. The van der Waals surface area contributed by atoms with Crippen molar-refractivity contribution in [1.29, 1.82) is 0 Å². The van der Waals surface area contributed by atoms with Gasteiger partial charge in [-0.1, -0.05) is 6.92 Å². The number of hydrogen-bond donors (Lipinski definition) is 1. The molecule has 1 aromatic rings. The maximum Gasteiger partial charge on any atom is 0.121 e. The Morgan fingerprint density at radius 2 is 1.79 bits per heavy atom. The SMILES string of the molecule is CCCn1nc(C2C3CC4CC(C3)CC2C4)cc1N. The molecule has 4 fully saturated rings. The molecule has 4 aliphatic rings. The number of nitrogens with two attached hydrogens (primary N) is 1. The van der Waals surface area contributed by atoms with Crippen LogP contribution in [-0.2, 0) is 6.54 Å². The molecule has 19 heavy (non-hydrogen) atoms. The largest absolute Gasteiger partial charge is 0.384 e. The first-order valence-electron chi connectivity index (χ1n) is 8.07. The van der Waals surface area contributed by atoms with Crippen molar-refractivity contribution < 1.29 is 0 Å². The Kier molecular flexibility index (Phi) is 2.64. The normalized spacial score (nSPS) is 39.9. The highest BCUT2D eigenvalue weighted by atomic mass is 15.3. The highest BCUT2D eigenvalue weighted by Gasteiger charge is 2.49. The maximum atomic E-state index is 6.12. The molecule has 0 saturated heterocycles. The van der Waals surface area contributed by atoms with E-state index in [9.17, 15) is 0 Å². The van der Waals surface area contributed by atoms with Gasteiger partial charge >= 0.3 is 0 Å². The minimum atomic E-state index is 0.716. The second-order valence-electron chi connectivity index (χ2n) is 7.17. The third kappa shape index (κ3) is 1.81. The van der Waals surface area contributed by atoms with E-state index in [1.165, 1.54) is 37.8 Å². The smallest absolute Gasteiger partial charge is 0.121 e. The molecule has 3 nitrogen and oxygen atoms in total. The van der Waals surface area contributed by atoms with Crippen LogP contribution >= 0.6 is 0 Å². The van der Waals surface area contributed by atoms with Crippen molar-refractivity contribution in [1.82, 2.24) is 9.78 Å². The summed E-state index contributed by atoms with van der Waals surface area (Å²) in [4.78, 5) is 0. The zero-order valence-electron chi connectivity index (χ0n) is 11.9. The van der Waals surface area contributed by atoms with Crippen LogP contribution in [0, 0.1) is 23.7 Å². The first-order chi connectivity index (χ1) is 9.24. The molecule has 0 radical (unpaired) electrons. The van der Waals surface area contributed by atoms with Gasteiger partial charge in [-0.2, -0.15) is 5.10 Å². The molecule has 0 amide bonds. The lowest BCUT2D eigenvalue weighted by molar-refractivity contribution is -0.00434. The Morgan fingerprint density at radius 1 is 1.16 bits per heavy atom. The lowest BCUT2D eigenvalue weighted by Crippen LogP contribution is -2.43. The Morgan fingerprint density at radius 3 is 2.37 bits per heavy atom. The number of aromatic nitrogens is 2. The Balaban J connectivity index is 1.63. The fourth-order valence-electron chi connectivity index (χ4n) is 5.41. The van der Waals surface area contributed by atoms with E-state index < -0.39 is 0 Å². The quantitative estimate of drug-likeness (QED) is 0.904. The van der Waals surface area contributed by atoms with Crippen molar-refractivity contribution in [2.75, 3.05) is 5.73 Å². The van der Waals surface area contributed by atoms with Gasteiger partial charge in [0, 0.05) is 18.5 Å².